The number of hydrogen-bond donors (Lipinski definition) is 0. The Morgan fingerprint density at radius 2 is 1.72 bits per heavy atom. The molecule has 10 heteroatoms. The van der Waals surface area contributed by atoms with Crippen LogP contribution < -0.4 is 4.90 Å². The van der Waals surface area contributed by atoms with Gasteiger partial charge < -0.3 is 4.90 Å². The van der Waals surface area contributed by atoms with Crippen molar-refractivity contribution in [1.29, 1.82) is 0 Å². The van der Waals surface area contributed by atoms with E-state index in [9.17, 15) is 22.8 Å². The lowest BCUT2D eigenvalue weighted by molar-refractivity contribution is -0.131. The molecule has 0 unspecified atom stereocenters. The van der Waals surface area contributed by atoms with Crippen LogP contribution in [0.25, 0.3) is 0 Å². The van der Waals surface area contributed by atoms with Crippen molar-refractivity contribution in [1.82, 2.24) is 9.21 Å². The van der Waals surface area contributed by atoms with Gasteiger partial charge in [0, 0.05) is 26.2 Å². The van der Waals surface area contributed by atoms with E-state index in [1.54, 1.807) is 24.3 Å². The van der Waals surface area contributed by atoms with Crippen LogP contribution in [0.3, 0.4) is 0 Å². The maximum atomic E-state index is 12.9. The number of aryl methyl sites for hydroxylation is 1. The average molecular weight is 476 g/mol. The van der Waals surface area contributed by atoms with Gasteiger partial charge in [-0.15, -0.1) is 0 Å². The zero-order chi connectivity index (χ0) is 23.0. The van der Waals surface area contributed by atoms with Crippen LogP contribution in [0.1, 0.15) is 22.8 Å². The first-order valence-electron chi connectivity index (χ1n) is 10.3. The van der Waals surface area contributed by atoms with Crippen LogP contribution in [-0.2, 0) is 26.0 Å². The van der Waals surface area contributed by atoms with Crippen LogP contribution in [0.2, 0.25) is 5.02 Å². The van der Waals surface area contributed by atoms with Gasteiger partial charge in [0.05, 0.1) is 16.3 Å². The zero-order valence-corrected chi connectivity index (χ0v) is 19.0. The zero-order valence-electron chi connectivity index (χ0n) is 17.5. The molecular weight excluding hydrogens is 454 g/mol. The van der Waals surface area contributed by atoms with E-state index in [4.69, 9.17) is 11.6 Å². The molecule has 1 fully saturated rings. The van der Waals surface area contributed by atoms with Crippen molar-refractivity contribution in [2.45, 2.75) is 18.2 Å². The third kappa shape index (κ3) is 3.92. The van der Waals surface area contributed by atoms with Gasteiger partial charge in [0.15, 0.2) is 0 Å². The Morgan fingerprint density at radius 1 is 1.03 bits per heavy atom. The van der Waals surface area contributed by atoms with Crippen molar-refractivity contribution in [2.24, 2.45) is 0 Å². The second kappa shape index (κ2) is 8.65. The minimum Gasteiger partial charge on any atom is -0.338 e. The van der Waals surface area contributed by atoms with Gasteiger partial charge in [0.1, 0.15) is 11.4 Å². The Kier molecular flexibility index (Phi) is 6.07. The van der Waals surface area contributed by atoms with Crippen LogP contribution in [-0.4, -0.2) is 67.9 Å². The fourth-order valence-corrected chi connectivity index (χ4v) is 5.85. The predicted molar refractivity (Wildman–Crippen MR) is 119 cm³/mol. The van der Waals surface area contributed by atoms with E-state index in [1.165, 1.54) is 26.2 Å². The number of fused-ring (bicyclic) bond motifs is 1. The molecule has 2 aromatic carbocycles. The Morgan fingerprint density at radius 3 is 2.38 bits per heavy atom. The molecule has 4 rings (SSSR count). The molecule has 0 aliphatic carbocycles. The van der Waals surface area contributed by atoms with E-state index in [0.717, 1.165) is 12.0 Å². The van der Waals surface area contributed by atoms with Crippen LogP contribution in [0, 0.1) is 0 Å². The van der Waals surface area contributed by atoms with Gasteiger partial charge in [-0.2, -0.15) is 4.31 Å². The Labute approximate surface area is 191 Å². The summed E-state index contributed by atoms with van der Waals surface area (Å²) in [5, 5.41) is 0.146. The number of benzene rings is 2. The number of carbonyl (C=O) groups is 3. The largest absolute Gasteiger partial charge is 0.338 e. The minimum atomic E-state index is -3.77. The minimum absolute atomic E-state index is 0.0330. The Hall–Kier alpha value is -2.75. The maximum Gasteiger partial charge on any atom is 0.299 e. The number of amides is 2. The Balaban J connectivity index is 1.43. The standard InChI is InChI=1S/C22H22ClN3O5S/c1-2-15-7-8-18-16(13-15)21(28)22(29)26(18)14-20(27)24-9-11-25(12-10-24)32(30,31)19-6-4-3-5-17(19)23/h3-8,13H,2,9-12,14H2,1H3. The number of piperazine rings is 1. The lowest BCUT2D eigenvalue weighted by Gasteiger charge is -2.34. The molecule has 32 heavy (non-hydrogen) atoms. The summed E-state index contributed by atoms with van der Waals surface area (Å²) in [6.07, 6.45) is 0.731. The average Bonchev–Trinajstić information content (AvgIpc) is 3.03. The molecule has 0 atom stereocenters. The quantitative estimate of drug-likeness (QED) is 0.616. The fourth-order valence-electron chi connectivity index (χ4n) is 3.93. The van der Waals surface area contributed by atoms with Gasteiger partial charge in [-0.05, 0) is 36.2 Å². The van der Waals surface area contributed by atoms with E-state index >= 15 is 0 Å². The molecule has 2 heterocycles. The molecule has 2 aliphatic rings. The lowest BCUT2D eigenvalue weighted by atomic mass is 10.1. The molecule has 8 nitrogen and oxygen atoms in total. The third-order valence-corrected chi connectivity index (χ3v) is 8.18. The molecule has 0 saturated carbocycles. The van der Waals surface area contributed by atoms with Crippen molar-refractivity contribution >= 4 is 44.9 Å². The highest BCUT2D eigenvalue weighted by atomic mass is 35.5. The van der Waals surface area contributed by atoms with Gasteiger partial charge in [-0.25, -0.2) is 8.42 Å². The first-order valence-corrected chi connectivity index (χ1v) is 12.1. The van der Waals surface area contributed by atoms with Crippen molar-refractivity contribution in [3.8, 4) is 0 Å². The van der Waals surface area contributed by atoms with E-state index in [2.05, 4.69) is 0 Å². The summed E-state index contributed by atoms with van der Waals surface area (Å²) >= 11 is 6.05. The number of ketones is 1. The number of nitrogens with zero attached hydrogens (tertiary/aromatic N) is 3. The number of anilines is 1. The molecule has 2 aromatic rings. The number of halogens is 1. The smallest absolute Gasteiger partial charge is 0.299 e. The number of carbonyl (C=O) groups excluding carboxylic acids is 3. The van der Waals surface area contributed by atoms with E-state index in [0.29, 0.717) is 11.3 Å². The second-order valence-electron chi connectivity index (χ2n) is 7.64. The summed E-state index contributed by atoms with van der Waals surface area (Å²) in [5.41, 5.74) is 1.69. The number of sulfonamides is 1. The Bertz CT molecular complexity index is 1210. The molecular formula is C22H22ClN3O5S. The van der Waals surface area contributed by atoms with Crippen molar-refractivity contribution < 1.29 is 22.8 Å². The van der Waals surface area contributed by atoms with Crippen LogP contribution in [0.4, 0.5) is 5.69 Å². The highest BCUT2D eigenvalue weighted by Gasteiger charge is 2.38. The number of Topliss-reactive ketones (excluding diaryl/α,β-unsaturated/α-hetero) is 1. The van der Waals surface area contributed by atoms with Crippen molar-refractivity contribution in [2.75, 3.05) is 37.6 Å². The monoisotopic (exact) mass is 475 g/mol. The number of hydrogen-bond acceptors (Lipinski definition) is 5. The van der Waals surface area contributed by atoms with Gasteiger partial charge in [-0.3, -0.25) is 19.3 Å². The summed E-state index contributed by atoms with van der Waals surface area (Å²) in [7, 11) is -3.77. The van der Waals surface area contributed by atoms with E-state index < -0.39 is 21.7 Å². The van der Waals surface area contributed by atoms with Crippen LogP contribution in [0.5, 0.6) is 0 Å². The van der Waals surface area contributed by atoms with Gasteiger partial charge in [-0.1, -0.05) is 36.7 Å². The molecule has 1 saturated heterocycles. The van der Waals surface area contributed by atoms with E-state index in [1.807, 2.05) is 13.0 Å². The topological polar surface area (TPSA) is 95.1 Å². The molecule has 2 aliphatic heterocycles. The van der Waals surface area contributed by atoms with E-state index in [-0.39, 0.29) is 48.5 Å². The first kappa shape index (κ1) is 22.4. The van der Waals surface area contributed by atoms with Crippen LogP contribution in [0.15, 0.2) is 47.4 Å². The lowest BCUT2D eigenvalue weighted by Crippen LogP contribution is -2.53. The predicted octanol–water partition coefficient (Wildman–Crippen LogP) is 1.96. The molecule has 168 valence electrons. The third-order valence-electron chi connectivity index (χ3n) is 5.78. The summed E-state index contributed by atoms with van der Waals surface area (Å²) in [4.78, 5) is 40.4. The molecule has 0 spiro atoms. The molecule has 0 bridgehead atoms. The first-order chi connectivity index (χ1) is 15.2. The summed E-state index contributed by atoms with van der Waals surface area (Å²) in [6.45, 7) is 2.28. The highest BCUT2D eigenvalue weighted by Crippen LogP contribution is 2.30. The maximum absolute atomic E-state index is 12.9. The van der Waals surface area contributed by atoms with Crippen molar-refractivity contribution in [3.05, 3.63) is 58.6 Å². The summed E-state index contributed by atoms with van der Waals surface area (Å²) in [5.74, 6) is -1.67. The fraction of sp³-hybridized carbons (Fsp3) is 0.318. The van der Waals surface area contributed by atoms with Gasteiger partial charge in [0.25, 0.3) is 11.7 Å². The van der Waals surface area contributed by atoms with Gasteiger partial charge in [0.2, 0.25) is 15.9 Å². The normalized spacial score (nSPS) is 17.1. The van der Waals surface area contributed by atoms with Gasteiger partial charge >= 0.3 is 0 Å². The van der Waals surface area contributed by atoms with Crippen LogP contribution >= 0.6 is 11.6 Å². The molecule has 0 aromatic heterocycles. The number of rotatable bonds is 5. The SMILES string of the molecule is CCc1ccc2c(c1)C(=O)C(=O)N2CC(=O)N1CCN(S(=O)(=O)c2ccccc2Cl)CC1. The second-order valence-corrected chi connectivity index (χ2v) is 9.95. The highest BCUT2D eigenvalue weighted by molar-refractivity contribution is 7.89. The molecule has 0 N–H and O–H groups in total. The molecule has 0 radical (unpaired) electrons. The van der Waals surface area contributed by atoms with Crippen molar-refractivity contribution in [3.63, 3.8) is 0 Å². The summed E-state index contributed by atoms with van der Waals surface area (Å²) in [6, 6.07) is 11.4. The molecule has 2 amide bonds. The summed E-state index contributed by atoms with van der Waals surface area (Å²) < 4.78 is 27.1.